The second-order valence-electron chi connectivity index (χ2n) is 7.16. The van der Waals surface area contributed by atoms with Gasteiger partial charge in [0.05, 0.1) is 0 Å². The molecule has 0 saturated heterocycles. The minimum absolute atomic E-state index is 0.767. The first-order valence-corrected chi connectivity index (χ1v) is 9.74. The van der Waals surface area contributed by atoms with Gasteiger partial charge in [0, 0.05) is 18.2 Å². The molecule has 0 fully saturated rings. The largest absolute Gasteiger partial charge is 0.393 e. The van der Waals surface area contributed by atoms with Gasteiger partial charge < -0.3 is 5.73 Å². The molecular formula is C27H21N2+. The molecule has 0 aliphatic rings. The SMILES string of the molecule is Nc1ccccc1-[n+]1ccc(C=Cc2c3ccccc3cc3ccccc23)cc1. The summed E-state index contributed by atoms with van der Waals surface area (Å²) >= 11 is 0. The summed E-state index contributed by atoms with van der Waals surface area (Å²) in [6.45, 7) is 0. The first-order valence-electron chi connectivity index (χ1n) is 9.74. The quantitative estimate of drug-likeness (QED) is 0.234. The monoisotopic (exact) mass is 373 g/mol. The van der Waals surface area contributed by atoms with Crippen LogP contribution < -0.4 is 10.3 Å². The van der Waals surface area contributed by atoms with Gasteiger partial charge in [0.2, 0.25) is 5.69 Å². The summed E-state index contributed by atoms with van der Waals surface area (Å²) in [6.07, 6.45) is 8.49. The molecule has 0 radical (unpaired) electrons. The van der Waals surface area contributed by atoms with Crippen LogP contribution >= 0.6 is 0 Å². The molecule has 0 aliphatic carbocycles. The second kappa shape index (κ2) is 7.25. The van der Waals surface area contributed by atoms with E-state index in [0.717, 1.165) is 16.9 Å². The van der Waals surface area contributed by atoms with Crippen LogP contribution in [0.4, 0.5) is 5.69 Å². The predicted molar refractivity (Wildman–Crippen MR) is 123 cm³/mol. The van der Waals surface area contributed by atoms with Gasteiger partial charge in [-0.15, -0.1) is 0 Å². The fraction of sp³-hybridized carbons (Fsp3) is 0. The molecule has 0 bridgehead atoms. The molecule has 138 valence electrons. The number of hydrogen-bond donors (Lipinski definition) is 1. The number of benzene rings is 4. The van der Waals surface area contributed by atoms with Crippen LogP contribution in [0.15, 0.2) is 103 Å². The number of nitrogens with two attached hydrogens (primary N) is 1. The van der Waals surface area contributed by atoms with Crippen molar-refractivity contribution in [2.45, 2.75) is 0 Å². The molecule has 2 heteroatoms. The smallest absolute Gasteiger partial charge is 0.233 e. The maximum atomic E-state index is 6.10. The van der Waals surface area contributed by atoms with Gasteiger partial charge in [-0.05, 0) is 44.8 Å². The van der Waals surface area contributed by atoms with Gasteiger partial charge in [0.15, 0.2) is 12.4 Å². The predicted octanol–water partition coefficient (Wildman–Crippen LogP) is 6.02. The average Bonchev–Trinajstić information content (AvgIpc) is 2.77. The number of hydrogen-bond acceptors (Lipinski definition) is 1. The lowest BCUT2D eigenvalue weighted by atomic mass is 9.96. The summed E-state index contributed by atoms with van der Waals surface area (Å²) < 4.78 is 2.04. The van der Waals surface area contributed by atoms with Crippen molar-refractivity contribution < 1.29 is 4.57 Å². The highest BCUT2D eigenvalue weighted by Crippen LogP contribution is 2.30. The maximum Gasteiger partial charge on any atom is 0.233 e. The summed E-state index contributed by atoms with van der Waals surface area (Å²) in [5.74, 6) is 0. The van der Waals surface area contributed by atoms with Crippen LogP contribution in [0.2, 0.25) is 0 Å². The Labute approximate surface area is 170 Å². The summed E-state index contributed by atoms with van der Waals surface area (Å²) in [5, 5.41) is 5.06. The standard InChI is InChI=1S/C27H21N2/c28-26-11-5-6-12-27(26)29-17-15-20(16-18-29)13-14-25-23-9-3-1-7-21(23)19-22-8-2-4-10-24(22)25/h1-19H,28H2/q+1. The Bertz CT molecular complexity index is 1290. The van der Waals surface area contributed by atoms with Crippen molar-refractivity contribution in [2.24, 2.45) is 0 Å². The molecule has 0 spiro atoms. The molecule has 2 N–H and O–H groups in total. The molecule has 0 saturated carbocycles. The van der Waals surface area contributed by atoms with Crippen molar-refractivity contribution in [3.8, 4) is 5.69 Å². The Hall–Kier alpha value is -3.91. The van der Waals surface area contributed by atoms with Gasteiger partial charge in [-0.2, -0.15) is 4.57 Å². The molecule has 0 unspecified atom stereocenters. The van der Waals surface area contributed by atoms with Crippen LogP contribution in [0.25, 0.3) is 39.4 Å². The lowest BCUT2D eigenvalue weighted by molar-refractivity contribution is -0.594. The topological polar surface area (TPSA) is 29.9 Å². The van der Waals surface area contributed by atoms with E-state index in [1.807, 2.05) is 41.2 Å². The highest BCUT2D eigenvalue weighted by molar-refractivity contribution is 6.07. The molecule has 0 amide bonds. The normalized spacial score (nSPS) is 11.4. The molecule has 4 aromatic carbocycles. The van der Waals surface area contributed by atoms with Crippen LogP contribution in [0, 0.1) is 0 Å². The second-order valence-corrected chi connectivity index (χ2v) is 7.16. The lowest BCUT2D eigenvalue weighted by Gasteiger charge is -2.08. The molecule has 1 heterocycles. The highest BCUT2D eigenvalue weighted by atomic mass is 15.0. The zero-order valence-electron chi connectivity index (χ0n) is 16.0. The third-order valence-corrected chi connectivity index (χ3v) is 5.33. The number of rotatable bonds is 3. The van der Waals surface area contributed by atoms with Crippen molar-refractivity contribution in [1.29, 1.82) is 0 Å². The number of fused-ring (bicyclic) bond motifs is 2. The Morgan fingerprint density at radius 2 is 1.21 bits per heavy atom. The number of nitrogens with zero attached hydrogens (tertiary/aromatic N) is 1. The zero-order chi connectivity index (χ0) is 19.6. The van der Waals surface area contributed by atoms with Gasteiger partial charge in [0.1, 0.15) is 5.69 Å². The number of anilines is 1. The molecule has 2 nitrogen and oxygen atoms in total. The summed E-state index contributed by atoms with van der Waals surface area (Å²) in [6, 6.07) is 31.5. The van der Waals surface area contributed by atoms with E-state index in [4.69, 9.17) is 5.73 Å². The Balaban J connectivity index is 1.56. The molecule has 0 aliphatic heterocycles. The zero-order valence-corrected chi connectivity index (χ0v) is 16.0. The third-order valence-electron chi connectivity index (χ3n) is 5.33. The third kappa shape index (κ3) is 3.26. The number of pyridine rings is 1. The molecular weight excluding hydrogens is 352 g/mol. The van der Waals surface area contributed by atoms with Crippen molar-refractivity contribution in [3.05, 3.63) is 115 Å². The van der Waals surface area contributed by atoms with Gasteiger partial charge in [-0.3, -0.25) is 0 Å². The van der Waals surface area contributed by atoms with Crippen LogP contribution in [0.1, 0.15) is 11.1 Å². The maximum absolute atomic E-state index is 6.10. The lowest BCUT2D eigenvalue weighted by Crippen LogP contribution is -2.30. The van der Waals surface area contributed by atoms with Gasteiger partial charge in [0.25, 0.3) is 0 Å². The summed E-state index contributed by atoms with van der Waals surface area (Å²) in [7, 11) is 0. The first-order chi connectivity index (χ1) is 14.3. The summed E-state index contributed by atoms with van der Waals surface area (Å²) in [4.78, 5) is 0. The van der Waals surface area contributed by atoms with Gasteiger partial charge in [-0.1, -0.05) is 72.8 Å². The fourth-order valence-electron chi connectivity index (χ4n) is 3.84. The Morgan fingerprint density at radius 1 is 0.621 bits per heavy atom. The van der Waals surface area contributed by atoms with Gasteiger partial charge in [-0.25, -0.2) is 0 Å². The Morgan fingerprint density at radius 3 is 1.86 bits per heavy atom. The van der Waals surface area contributed by atoms with E-state index >= 15 is 0 Å². The van der Waals surface area contributed by atoms with E-state index < -0.39 is 0 Å². The van der Waals surface area contributed by atoms with Crippen molar-refractivity contribution in [1.82, 2.24) is 0 Å². The van der Waals surface area contributed by atoms with E-state index in [-0.39, 0.29) is 0 Å². The van der Waals surface area contributed by atoms with Crippen molar-refractivity contribution in [2.75, 3.05) is 5.73 Å². The van der Waals surface area contributed by atoms with Crippen molar-refractivity contribution in [3.63, 3.8) is 0 Å². The minimum atomic E-state index is 0.767. The highest BCUT2D eigenvalue weighted by Gasteiger charge is 2.09. The van der Waals surface area contributed by atoms with E-state index in [0.29, 0.717) is 0 Å². The number of nitrogen functional groups attached to an aromatic ring is 1. The molecule has 0 atom stereocenters. The van der Waals surface area contributed by atoms with Crippen molar-refractivity contribution >= 4 is 39.4 Å². The molecule has 29 heavy (non-hydrogen) atoms. The molecule has 5 rings (SSSR count). The van der Waals surface area contributed by atoms with Crippen LogP contribution in [-0.4, -0.2) is 0 Å². The van der Waals surface area contributed by atoms with E-state index in [1.165, 1.54) is 27.1 Å². The minimum Gasteiger partial charge on any atom is -0.393 e. The fourth-order valence-corrected chi connectivity index (χ4v) is 3.84. The van der Waals surface area contributed by atoms with E-state index in [2.05, 4.69) is 78.9 Å². The first kappa shape index (κ1) is 17.2. The van der Waals surface area contributed by atoms with E-state index in [9.17, 15) is 0 Å². The van der Waals surface area contributed by atoms with E-state index in [1.54, 1.807) is 0 Å². The Kier molecular flexibility index (Phi) is 4.30. The molecule has 1 aromatic heterocycles. The van der Waals surface area contributed by atoms with Gasteiger partial charge >= 0.3 is 0 Å². The van der Waals surface area contributed by atoms with Crippen LogP contribution in [0.3, 0.4) is 0 Å². The number of para-hydroxylation sites is 2. The summed E-state index contributed by atoms with van der Waals surface area (Å²) in [5.41, 5.74) is 10.3. The molecule has 5 aromatic rings. The van der Waals surface area contributed by atoms with Crippen LogP contribution in [-0.2, 0) is 0 Å². The number of aromatic nitrogens is 1. The van der Waals surface area contributed by atoms with Crippen LogP contribution in [0.5, 0.6) is 0 Å². The average molecular weight is 373 g/mol.